The molecule has 0 aromatic carbocycles. The fourth-order valence-electron chi connectivity index (χ4n) is 1.85. The minimum atomic E-state index is 0.705. The van der Waals surface area contributed by atoms with Crippen molar-refractivity contribution in [3.63, 3.8) is 0 Å². The Hall–Kier alpha value is -1.01. The maximum atomic E-state index is 5.08. The molecule has 0 amide bonds. The highest BCUT2D eigenvalue weighted by Crippen LogP contribution is 2.20. The van der Waals surface area contributed by atoms with Gasteiger partial charge in [-0.1, -0.05) is 0 Å². The summed E-state index contributed by atoms with van der Waals surface area (Å²) in [5.74, 6) is 4.34. The molecule has 1 aromatic rings. The summed E-state index contributed by atoms with van der Waals surface area (Å²) in [5.41, 5.74) is 0. The van der Waals surface area contributed by atoms with Crippen molar-refractivity contribution in [3.05, 3.63) is 12.4 Å². The van der Waals surface area contributed by atoms with Crippen LogP contribution in [0.15, 0.2) is 12.4 Å². The molecule has 0 bridgehead atoms. The Kier molecular flexibility index (Phi) is 5.07. The van der Waals surface area contributed by atoms with Crippen molar-refractivity contribution in [1.29, 1.82) is 0 Å². The lowest BCUT2D eigenvalue weighted by atomic mass is 10.4. The van der Waals surface area contributed by atoms with E-state index in [1.807, 2.05) is 18.8 Å². The molecule has 1 saturated heterocycles. The fourth-order valence-corrected chi connectivity index (χ4v) is 2.76. The number of thioether (sulfide) groups is 1. The predicted molar refractivity (Wildman–Crippen MR) is 76.7 cm³/mol. The molecule has 2 rings (SSSR count). The number of anilines is 2. The smallest absolute Gasteiger partial charge is 0.134 e. The first kappa shape index (κ1) is 13.4. The van der Waals surface area contributed by atoms with Crippen molar-refractivity contribution in [3.8, 4) is 0 Å². The van der Waals surface area contributed by atoms with Crippen LogP contribution in [0.1, 0.15) is 0 Å². The van der Waals surface area contributed by atoms with Crippen LogP contribution in [0.5, 0.6) is 0 Å². The molecule has 0 saturated carbocycles. The van der Waals surface area contributed by atoms with E-state index < -0.39 is 0 Å². The lowest BCUT2D eigenvalue weighted by molar-refractivity contribution is 0.206. The minimum absolute atomic E-state index is 0.705. The molecule has 18 heavy (non-hydrogen) atoms. The maximum absolute atomic E-state index is 5.08. The van der Waals surface area contributed by atoms with E-state index in [2.05, 4.69) is 25.8 Å². The predicted octanol–water partition coefficient (Wildman–Crippen LogP) is 1.11. The molecular formula is C12H20N4OS. The highest BCUT2D eigenvalue weighted by molar-refractivity contribution is 7.99. The monoisotopic (exact) mass is 268 g/mol. The van der Waals surface area contributed by atoms with Gasteiger partial charge in [0.2, 0.25) is 0 Å². The van der Waals surface area contributed by atoms with E-state index in [4.69, 9.17) is 4.74 Å². The molecule has 1 fully saturated rings. The van der Waals surface area contributed by atoms with Crippen LogP contribution in [0.25, 0.3) is 0 Å². The molecule has 1 aliphatic heterocycles. The van der Waals surface area contributed by atoms with Crippen LogP contribution in [0.2, 0.25) is 0 Å². The van der Waals surface area contributed by atoms with Crippen molar-refractivity contribution in [1.82, 2.24) is 9.97 Å². The topological polar surface area (TPSA) is 41.5 Å². The van der Waals surface area contributed by atoms with E-state index in [9.17, 15) is 0 Å². The van der Waals surface area contributed by atoms with Crippen LogP contribution in [0.3, 0.4) is 0 Å². The van der Waals surface area contributed by atoms with Gasteiger partial charge in [0.1, 0.15) is 18.0 Å². The molecule has 6 heteroatoms. The molecule has 0 N–H and O–H groups in total. The fraction of sp³-hybridized carbons (Fsp3) is 0.667. The minimum Gasteiger partial charge on any atom is -0.383 e. The molecule has 1 aliphatic rings. The molecule has 100 valence electrons. The van der Waals surface area contributed by atoms with Crippen LogP contribution in [0, 0.1) is 0 Å². The van der Waals surface area contributed by atoms with Gasteiger partial charge in [-0.05, 0) is 0 Å². The SMILES string of the molecule is COCCN(C)c1cc(N2CCSCC2)ncn1. The van der Waals surface area contributed by atoms with Gasteiger partial charge >= 0.3 is 0 Å². The zero-order valence-corrected chi connectivity index (χ0v) is 11.8. The third-order valence-electron chi connectivity index (χ3n) is 3.00. The summed E-state index contributed by atoms with van der Waals surface area (Å²) in [6.07, 6.45) is 1.65. The molecule has 5 nitrogen and oxygen atoms in total. The largest absolute Gasteiger partial charge is 0.383 e. The van der Waals surface area contributed by atoms with Gasteiger partial charge in [-0.15, -0.1) is 0 Å². The van der Waals surface area contributed by atoms with Gasteiger partial charge < -0.3 is 14.5 Å². The zero-order valence-electron chi connectivity index (χ0n) is 11.0. The van der Waals surface area contributed by atoms with E-state index in [1.165, 1.54) is 11.5 Å². The molecule has 0 spiro atoms. The van der Waals surface area contributed by atoms with Crippen LogP contribution in [0.4, 0.5) is 11.6 Å². The van der Waals surface area contributed by atoms with E-state index in [1.54, 1.807) is 13.4 Å². The quantitative estimate of drug-likeness (QED) is 0.797. The van der Waals surface area contributed by atoms with Crippen molar-refractivity contribution in [2.24, 2.45) is 0 Å². The Morgan fingerprint density at radius 2 is 2.17 bits per heavy atom. The second-order valence-corrected chi connectivity index (χ2v) is 5.47. The maximum Gasteiger partial charge on any atom is 0.134 e. The third kappa shape index (κ3) is 3.49. The summed E-state index contributed by atoms with van der Waals surface area (Å²) >= 11 is 2.00. The van der Waals surface area contributed by atoms with Gasteiger partial charge in [-0.2, -0.15) is 11.8 Å². The van der Waals surface area contributed by atoms with Crippen LogP contribution >= 0.6 is 11.8 Å². The Morgan fingerprint density at radius 3 is 2.89 bits per heavy atom. The number of likely N-dealkylation sites (N-methyl/N-ethyl adjacent to an activating group) is 1. The second kappa shape index (κ2) is 6.80. The van der Waals surface area contributed by atoms with Crippen molar-refractivity contribution < 1.29 is 4.74 Å². The van der Waals surface area contributed by atoms with Crippen LogP contribution < -0.4 is 9.80 Å². The molecule has 0 unspecified atom stereocenters. The number of rotatable bonds is 5. The van der Waals surface area contributed by atoms with E-state index in [-0.39, 0.29) is 0 Å². The number of methoxy groups -OCH3 is 1. The van der Waals surface area contributed by atoms with Crippen LogP contribution in [-0.4, -0.2) is 61.9 Å². The third-order valence-corrected chi connectivity index (χ3v) is 3.94. The summed E-state index contributed by atoms with van der Waals surface area (Å²) in [6, 6.07) is 2.06. The number of hydrogen-bond donors (Lipinski definition) is 0. The molecule has 0 radical (unpaired) electrons. The second-order valence-electron chi connectivity index (χ2n) is 4.25. The molecule has 0 aliphatic carbocycles. The van der Waals surface area contributed by atoms with Crippen LogP contribution in [-0.2, 0) is 4.74 Å². The number of aromatic nitrogens is 2. The van der Waals surface area contributed by atoms with E-state index in [0.29, 0.717) is 6.61 Å². The average Bonchev–Trinajstić information content (AvgIpc) is 2.46. The average molecular weight is 268 g/mol. The molecule has 1 aromatic heterocycles. The van der Waals surface area contributed by atoms with Crippen molar-refractivity contribution in [2.45, 2.75) is 0 Å². The summed E-state index contributed by atoms with van der Waals surface area (Å²) < 4.78 is 5.08. The highest BCUT2D eigenvalue weighted by atomic mass is 32.2. The van der Waals surface area contributed by atoms with Crippen molar-refractivity contribution in [2.75, 3.05) is 61.7 Å². The molecular weight excluding hydrogens is 248 g/mol. The number of ether oxygens (including phenoxy) is 1. The number of hydrogen-bond acceptors (Lipinski definition) is 6. The molecule has 0 atom stereocenters. The number of nitrogens with zero attached hydrogens (tertiary/aromatic N) is 4. The zero-order chi connectivity index (χ0) is 12.8. The Morgan fingerprint density at radius 1 is 1.39 bits per heavy atom. The van der Waals surface area contributed by atoms with Crippen molar-refractivity contribution >= 4 is 23.4 Å². The summed E-state index contributed by atoms with van der Waals surface area (Å²) in [4.78, 5) is 13.1. The summed E-state index contributed by atoms with van der Waals surface area (Å²) in [5, 5.41) is 0. The van der Waals surface area contributed by atoms with E-state index >= 15 is 0 Å². The first-order chi connectivity index (χ1) is 8.81. The first-order valence-electron chi connectivity index (χ1n) is 6.16. The first-order valence-corrected chi connectivity index (χ1v) is 7.31. The Labute approximate surface area is 113 Å². The molecule has 2 heterocycles. The normalized spacial score (nSPS) is 15.8. The van der Waals surface area contributed by atoms with Gasteiger partial charge in [-0.3, -0.25) is 0 Å². The Balaban J connectivity index is 2.04. The lowest BCUT2D eigenvalue weighted by Gasteiger charge is -2.28. The van der Waals surface area contributed by atoms with Gasteiger partial charge in [0.05, 0.1) is 6.61 Å². The summed E-state index contributed by atoms with van der Waals surface area (Å²) in [7, 11) is 3.74. The van der Waals surface area contributed by atoms with Gasteiger partial charge in [-0.25, -0.2) is 9.97 Å². The van der Waals surface area contributed by atoms with Gasteiger partial charge in [0.15, 0.2) is 0 Å². The summed E-state index contributed by atoms with van der Waals surface area (Å²) in [6.45, 7) is 3.69. The standard InChI is InChI=1S/C12H20N4OS/c1-15(3-6-17-2)11-9-12(14-10-13-11)16-4-7-18-8-5-16/h9-10H,3-8H2,1-2H3. The highest BCUT2D eigenvalue weighted by Gasteiger charge is 2.13. The lowest BCUT2D eigenvalue weighted by Crippen LogP contribution is -2.33. The Bertz CT molecular complexity index is 371. The van der Waals surface area contributed by atoms with Gasteiger partial charge in [0.25, 0.3) is 0 Å². The van der Waals surface area contributed by atoms with E-state index in [0.717, 1.165) is 31.3 Å². The van der Waals surface area contributed by atoms with Gasteiger partial charge in [0, 0.05) is 51.4 Å².